The topological polar surface area (TPSA) is 141 Å². The molecule has 3 aliphatic heterocycles. The number of amides is 2. The molecule has 3 aliphatic rings. The number of hydrogen-bond acceptors (Lipinski definition) is 12. The van der Waals surface area contributed by atoms with Gasteiger partial charge in [0.15, 0.2) is 12.6 Å². The van der Waals surface area contributed by atoms with Crippen LogP contribution in [0.25, 0.3) is 0 Å². The third kappa shape index (κ3) is 12.5. The molecule has 9 rings (SSSR count). The molecular formula is C58H59NO12. The zero-order valence-corrected chi connectivity index (χ0v) is 39.3. The lowest BCUT2D eigenvalue weighted by molar-refractivity contribution is -0.364. The molecule has 1 N–H and O–H groups in total. The van der Waals surface area contributed by atoms with Gasteiger partial charge in [-0.25, -0.2) is 0 Å². The lowest BCUT2D eigenvalue weighted by atomic mass is 9.94. The Balaban J connectivity index is 1.10. The Labute approximate surface area is 414 Å². The number of fused-ring (bicyclic) bond motifs is 1. The van der Waals surface area contributed by atoms with E-state index in [0.29, 0.717) is 0 Å². The highest BCUT2D eigenvalue weighted by atomic mass is 16.8. The predicted octanol–water partition coefficient (Wildman–Crippen LogP) is 8.24. The number of ether oxygens (including phenoxy) is 9. The second-order valence-electron chi connectivity index (χ2n) is 17.6. The van der Waals surface area contributed by atoms with Crippen molar-refractivity contribution in [3.05, 3.63) is 228 Å². The van der Waals surface area contributed by atoms with Crippen LogP contribution in [0, 0.1) is 0 Å². The molecule has 3 heterocycles. The second kappa shape index (κ2) is 24.8. The van der Waals surface area contributed by atoms with Crippen molar-refractivity contribution in [3.8, 4) is 0 Å². The van der Waals surface area contributed by atoms with Crippen LogP contribution in [-0.4, -0.2) is 103 Å². The van der Waals surface area contributed by atoms with Crippen LogP contribution in [0.3, 0.4) is 0 Å². The predicted molar refractivity (Wildman–Crippen MR) is 262 cm³/mol. The average Bonchev–Trinajstić information content (AvgIpc) is 3.66. The Morgan fingerprint density at radius 2 is 0.845 bits per heavy atom. The molecule has 10 atom stereocenters. The Morgan fingerprint density at radius 1 is 0.465 bits per heavy atom. The first-order chi connectivity index (χ1) is 34.9. The summed E-state index contributed by atoms with van der Waals surface area (Å²) in [4.78, 5) is 29.5. The molecule has 0 aromatic heterocycles. The van der Waals surface area contributed by atoms with Gasteiger partial charge in [-0.3, -0.25) is 14.5 Å². The molecule has 2 amide bonds. The summed E-state index contributed by atoms with van der Waals surface area (Å²) in [5.74, 6) is -1.21. The van der Waals surface area contributed by atoms with E-state index >= 15 is 0 Å². The smallest absolute Gasteiger partial charge is 0.262 e. The van der Waals surface area contributed by atoms with Crippen LogP contribution < -0.4 is 0 Å². The highest BCUT2D eigenvalue weighted by molar-refractivity contribution is 6.21. The maximum Gasteiger partial charge on any atom is 0.262 e. The minimum absolute atomic E-state index is 0.0171. The van der Waals surface area contributed by atoms with Crippen molar-refractivity contribution >= 4 is 11.8 Å². The fourth-order valence-corrected chi connectivity index (χ4v) is 9.14. The van der Waals surface area contributed by atoms with Gasteiger partial charge in [0.05, 0.1) is 64.0 Å². The Kier molecular flexibility index (Phi) is 17.4. The summed E-state index contributed by atoms with van der Waals surface area (Å²) < 4.78 is 60.5. The van der Waals surface area contributed by atoms with Crippen molar-refractivity contribution in [3.63, 3.8) is 0 Å². The molecule has 6 aromatic rings. The van der Waals surface area contributed by atoms with Gasteiger partial charge in [-0.15, -0.1) is 6.58 Å². The van der Waals surface area contributed by atoms with Crippen LogP contribution in [0.15, 0.2) is 189 Å². The molecule has 13 nitrogen and oxygen atoms in total. The number of carbonyl (C=O) groups excluding carboxylic acids is 2. The van der Waals surface area contributed by atoms with E-state index in [0.717, 1.165) is 32.7 Å². The van der Waals surface area contributed by atoms with E-state index in [1.54, 1.807) is 24.3 Å². The fraction of sp³-hybridized carbons (Fsp3) is 0.310. The number of hydrogen-bond donors (Lipinski definition) is 1. The van der Waals surface area contributed by atoms with Crippen LogP contribution >= 0.6 is 0 Å². The van der Waals surface area contributed by atoms with Crippen molar-refractivity contribution in [2.75, 3.05) is 19.8 Å². The molecule has 2 fully saturated rings. The second-order valence-corrected chi connectivity index (χ2v) is 17.6. The Hall–Kier alpha value is -6.20. The Morgan fingerprint density at radius 3 is 1.30 bits per heavy atom. The standard InChI is InChI=1S/C58H59NO12/c1-2-32-65-57-49(59-55(61)45-30-18-19-31-46(45)56(59)62)50(60)51(47(69-57)38-63-33-40-20-8-3-9-21-40)71-58-54(68-37-44-28-16-7-17-29-44)53(67-36-43-26-14-6-15-27-43)52(66-35-42-24-12-5-13-25-42)48(70-58)39-64-34-41-22-10-4-11-23-41/h2-31,47-54,57-58,60H,1,32-39H2/t47-,48-,49-,50+,51-,52-,53+,54-,57-,58-/m1/s1. The zero-order valence-electron chi connectivity index (χ0n) is 39.3. The van der Waals surface area contributed by atoms with Crippen molar-refractivity contribution in [2.24, 2.45) is 0 Å². The number of aliphatic hydroxyl groups is 1. The molecule has 0 bridgehead atoms. The number of benzene rings is 6. The van der Waals surface area contributed by atoms with Crippen LogP contribution in [0.2, 0.25) is 0 Å². The average molecular weight is 962 g/mol. The molecule has 0 aliphatic carbocycles. The van der Waals surface area contributed by atoms with Crippen molar-refractivity contribution in [2.45, 2.75) is 94.4 Å². The van der Waals surface area contributed by atoms with Crippen molar-refractivity contribution in [1.82, 2.24) is 4.90 Å². The minimum Gasteiger partial charge on any atom is -0.388 e. The van der Waals surface area contributed by atoms with E-state index in [1.807, 2.05) is 152 Å². The molecule has 6 aromatic carbocycles. The third-order valence-corrected chi connectivity index (χ3v) is 12.7. The monoisotopic (exact) mass is 961 g/mol. The number of imide groups is 1. The van der Waals surface area contributed by atoms with E-state index in [4.69, 9.17) is 42.6 Å². The van der Waals surface area contributed by atoms with E-state index < -0.39 is 73.2 Å². The van der Waals surface area contributed by atoms with Gasteiger partial charge in [0, 0.05) is 0 Å². The summed E-state index contributed by atoms with van der Waals surface area (Å²) in [5.41, 5.74) is 5.00. The summed E-state index contributed by atoms with van der Waals surface area (Å²) in [5, 5.41) is 12.9. The normalized spacial score (nSPS) is 25.2. The SMILES string of the molecule is C=CCO[C@@H]1O[C@H](COCc2ccccc2)[C@@H](O[C@H]2O[C@H](COCc3ccccc3)[C@@H](OCc3ccccc3)[C@H](OCc3ccccc3)[C@H]2OCc2ccccc2)[C@@H](O)[C@H]1N1C(=O)c2ccccc2C1=O. The number of aliphatic hydroxyl groups excluding tert-OH is 1. The lowest BCUT2D eigenvalue weighted by Crippen LogP contribution is -2.68. The van der Waals surface area contributed by atoms with Crippen LogP contribution in [0.4, 0.5) is 0 Å². The molecule has 0 spiro atoms. The van der Waals surface area contributed by atoms with Gasteiger partial charge >= 0.3 is 0 Å². The lowest BCUT2D eigenvalue weighted by Gasteiger charge is -2.50. The van der Waals surface area contributed by atoms with E-state index in [-0.39, 0.29) is 64.0 Å². The van der Waals surface area contributed by atoms with E-state index in [9.17, 15) is 14.7 Å². The molecular weight excluding hydrogens is 903 g/mol. The maximum absolute atomic E-state index is 14.2. The van der Waals surface area contributed by atoms with Gasteiger partial charge in [0.25, 0.3) is 11.8 Å². The summed E-state index contributed by atoms with van der Waals surface area (Å²) in [6.45, 7) is 4.77. The van der Waals surface area contributed by atoms with Crippen molar-refractivity contribution in [1.29, 1.82) is 0 Å². The fourth-order valence-electron chi connectivity index (χ4n) is 9.14. The summed E-state index contributed by atoms with van der Waals surface area (Å²) >= 11 is 0. The first-order valence-electron chi connectivity index (χ1n) is 24.0. The highest BCUT2D eigenvalue weighted by Crippen LogP contribution is 2.38. The van der Waals surface area contributed by atoms with Crippen LogP contribution in [0.1, 0.15) is 48.5 Å². The van der Waals surface area contributed by atoms with Gasteiger partial charge in [-0.1, -0.05) is 170 Å². The first kappa shape index (κ1) is 49.8. The summed E-state index contributed by atoms with van der Waals surface area (Å²) in [7, 11) is 0. The van der Waals surface area contributed by atoms with Gasteiger partial charge in [0.2, 0.25) is 0 Å². The summed E-state index contributed by atoms with van der Waals surface area (Å²) in [6.07, 6.45) is -8.56. The maximum atomic E-state index is 14.2. The van der Waals surface area contributed by atoms with Crippen LogP contribution in [0.5, 0.6) is 0 Å². The molecule has 71 heavy (non-hydrogen) atoms. The van der Waals surface area contributed by atoms with E-state index in [2.05, 4.69) is 6.58 Å². The first-order valence-corrected chi connectivity index (χ1v) is 24.0. The minimum atomic E-state index is -1.62. The van der Waals surface area contributed by atoms with Crippen molar-refractivity contribution < 1.29 is 57.3 Å². The molecule has 2 saturated heterocycles. The number of carbonyl (C=O) groups is 2. The number of nitrogens with zero attached hydrogens (tertiary/aromatic N) is 1. The van der Waals surface area contributed by atoms with Gasteiger partial charge < -0.3 is 47.7 Å². The zero-order chi connectivity index (χ0) is 48.8. The highest BCUT2D eigenvalue weighted by Gasteiger charge is 2.57. The molecule has 368 valence electrons. The molecule has 0 unspecified atom stereocenters. The van der Waals surface area contributed by atoms with Crippen LogP contribution in [-0.2, 0) is 75.7 Å². The molecule has 0 radical (unpaired) electrons. The number of rotatable bonds is 23. The summed E-state index contributed by atoms with van der Waals surface area (Å²) in [6, 6.07) is 53.9. The largest absolute Gasteiger partial charge is 0.388 e. The molecule has 0 saturated carbocycles. The Bertz CT molecular complexity index is 2560. The van der Waals surface area contributed by atoms with Gasteiger partial charge in [-0.05, 0) is 39.9 Å². The molecule has 13 heteroatoms. The van der Waals surface area contributed by atoms with Gasteiger partial charge in [-0.2, -0.15) is 0 Å². The van der Waals surface area contributed by atoms with Gasteiger partial charge in [0.1, 0.15) is 48.8 Å². The third-order valence-electron chi connectivity index (χ3n) is 12.7. The van der Waals surface area contributed by atoms with E-state index in [1.165, 1.54) is 6.08 Å². The quantitative estimate of drug-likeness (QED) is 0.0489.